The van der Waals surface area contributed by atoms with E-state index in [-0.39, 0.29) is 53.9 Å². The third-order valence-corrected chi connectivity index (χ3v) is 3.59. The quantitative estimate of drug-likeness (QED) is 0.227. The van der Waals surface area contributed by atoms with Gasteiger partial charge in [-0.3, -0.25) is 20.3 Å². The van der Waals surface area contributed by atoms with Gasteiger partial charge < -0.3 is 22.1 Å². The number of amides is 2. The van der Waals surface area contributed by atoms with Gasteiger partial charge in [0.05, 0.1) is 6.42 Å². The lowest BCUT2D eigenvalue weighted by Crippen LogP contribution is -2.43. The molecule has 0 bridgehead atoms. The van der Waals surface area contributed by atoms with Crippen LogP contribution < -0.4 is 27.4 Å². The van der Waals surface area contributed by atoms with Crippen LogP contribution in [0.5, 0.6) is 0 Å². The largest absolute Gasteiger partial charge is 0.382 e. The Morgan fingerprint density at radius 1 is 1.04 bits per heavy atom. The standard InChI is InChI=1S/C16H19ClN8O2/c17-12-14(19)24-13(18)11(23-12)15(27)25-16(20)22-7-6-21-10(26)8-9-4-2-1-3-5-9/h1-5H,6-8H2,(H,21,26)(H4,18,19,24)(H3,20,22,25,27). The number of nitrogens with two attached hydrogens (primary N) is 2. The van der Waals surface area contributed by atoms with Gasteiger partial charge >= 0.3 is 0 Å². The first-order chi connectivity index (χ1) is 12.9. The lowest BCUT2D eigenvalue weighted by Gasteiger charge is -2.11. The molecule has 2 rings (SSSR count). The van der Waals surface area contributed by atoms with Crippen molar-refractivity contribution >= 4 is 41.0 Å². The molecule has 1 heterocycles. The van der Waals surface area contributed by atoms with Gasteiger partial charge in [0.15, 0.2) is 28.4 Å². The number of nitrogen functional groups attached to an aromatic ring is 2. The third-order valence-electron chi connectivity index (χ3n) is 3.31. The van der Waals surface area contributed by atoms with Gasteiger partial charge in [0, 0.05) is 13.1 Å². The predicted octanol–water partition coefficient (Wildman–Crippen LogP) is -0.0925. The van der Waals surface area contributed by atoms with Crippen molar-refractivity contribution in [2.75, 3.05) is 24.6 Å². The fourth-order valence-electron chi connectivity index (χ4n) is 2.06. The zero-order valence-corrected chi connectivity index (χ0v) is 15.0. The summed E-state index contributed by atoms with van der Waals surface area (Å²) in [7, 11) is 0. The van der Waals surface area contributed by atoms with Crippen LogP contribution >= 0.6 is 11.6 Å². The number of hydrogen-bond acceptors (Lipinski definition) is 7. The van der Waals surface area contributed by atoms with Crippen LogP contribution in [0, 0.1) is 5.41 Å². The van der Waals surface area contributed by atoms with Crippen LogP contribution in [0.15, 0.2) is 30.3 Å². The van der Waals surface area contributed by atoms with E-state index in [9.17, 15) is 9.59 Å². The molecular formula is C16H19ClN8O2. The first kappa shape index (κ1) is 19.9. The molecule has 0 aliphatic carbocycles. The number of aromatic nitrogens is 2. The summed E-state index contributed by atoms with van der Waals surface area (Å²) < 4.78 is 0. The molecule has 0 saturated carbocycles. The zero-order valence-electron chi connectivity index (χ0n) is 14.3. The highest BCUT2D eigenvalue weighted by atomic mass is 35.5. The van der Waals surface area contributed by atoms with Crippen molar-refractivity contribution in [3.05, 3.63) is 46.7 Å². The van der Waals surface area contributed by atoms with E-state index in [0.717, 1.165) is 5.56 Å². The number of hydrogen-bond donors (Lipinski definition) is 6. The molecule has 2 amide bonds. The predicted molar refractivity (Wildman–Crippen MR) is 102 cm³/mol. The van der Waals surface area contributed by atoms with E-state index in [0.29, 0.717) is 0 Å². The molecule has 1 aromatic carbocycles. The Balaban J connectivity index is 1.72. The van der Waals surface area contributed by atoms with E-state index >= 15 is 0 Å². The van der Waals surface area contributed by atoms with Gasteiger partial charge in [-0.15, -0.1) is 0 Å². The monoisotopic (exact) mass is 390 g/mol. The molecule has 0 atom stereocenters. The lowest BCUT2D eigenvalue weighted by atomic mass is 10.1. The summed E-state index contributed by atoms with van der Waals surface area (Å²) in [6.45, 7) is 0.517. The van der Waals surface area contributed by atoms with Gasteiger partial charge in [-0.2, -0.15) is 0 Å². The Hall–Kier alpha value is -3.40. The van der Waals surface area contributed by atoms with E-state index in [2.05, 4.69) is 25.9 Å². The molecular weight excluding hydrogens is 372 g/mol. The zero-order chi connectivity index (χ0) is 19.8. The van der Waals surface area contributed by atoms with Crippen LogP contribution in [0.3, 0.4) is 0 Å². The first-order valence-electron chi connectivity index (χ1n) is 7.89. The van der Waals surface area contributed by atoms with Crippen LogP contribution in [0.2, 0.25) is 5.15 Å². The molecule has 0 aliphatic rings. The average Bonchev–Trinajstić information content (AvgIpc) is 2.62. The van der Waals surface area contributed by atoms with Crippen LogP contribution in [0.4, 0.5) is 11.6 Å². The summed E-state index contributed by atoms with van der Waals surface area (Å²) in [6, 6.07) is 9.32. The molecule has 0 radical (unpaired) electrons. The third kappa shape index (κ3) is 6.12. The van der Waals surface area contributed by atoms with Gasteiger partial charge in [-0.05, 0) is 5.56 Å². The number of nitrogens with one attached hydrogen (secondary N) is 4. The fraction of sp³-hybridized carbons (Fsp3) is 0.188. The molecule has 0 aliphatic heterocycles. The molecule has 8 N–H and O–H groups in total. The summed E-state index contributed by atoms with van der Waals surface area (Å²) >= 11 is 5.71. The highest BCUT2D eigenvalue weighted by molar-refractivity contribution is 6.31. The maximum atomic E-state index is 12.0. The average molecular weight is 391 g/mol. The lowest BCUT2D eigenvalue weighted by molar-refractivity contribution is -0.120. The van der Waals surface area contributed by atoms with Crippen molar-refractivity contribution < 1.29 is 9.59 Å². The van der Waals surface area contributed by atoms with Gasteiger partial charge in [0.1, 0.15) is 0 Å². The Morgan fingerprint density at radius 3 is 2.41 bits per heavy atom. The molecule has 0 spiro atoms. The maximum Gasteiger partial charge on any atom is 0.280 e. The number of carbonyl (C=O) groups excluding carboxylic acids is 2. The van der Waals surface area contributed by atoms with E-state index in [1.807, 2.05) is 30.3 Å². The van der Waals surface area contributed by atoms with E-state index in [4.69, 9.17) is 28.5 Å². The smallest absolute Gasteiger partial charge is 0.280 e. The number of halogens is 1. The summed E-state index contributed by atoms with van der Waals surface area (Å²) in [5.41, 5.74) is 11.7. The molecule has 0 saturated heterocycles. The van der Waals surface area contributed by atoms with Gasteiger partial charge in [0.2, 0.25) is 5.91 Å². The van der Waals surface area contributed by atoms with E-state index in [1.54, 1.807) is 0 Å². The molecule has 27 heavy (non-hydrogen) atoms. The van der Waals surface area contributed by atoms with Crippen molar-refractivity contribution in [1.82, 2.24) is 25.9 Å². The first-order valence-corrected chi connectivity index (χ1v) is 8.27. The Bertz CT molecular complexity index is 844. The Morgan fingerprint density at radius 2 is 1.70 bits per heavy atom. The number of benzene rings is 1. The van der Waals surface area contributed by atoms with Crippen LogP contribution in [-0.4, -0.2) is 40.8 Å². The van der Waals surface area contributed by atoms with Crippen molar-refractivity contribution in [3.8, 4) is 0 Å². The van der Waals surface area contributed by atoms with Crippen molar-refractivity contribution in [2.24, 2.45) is 0 Å². The minimum Gasteiger partial charge on any atom is -0.382 e. The van der Waals surface area contributed by atoms with Gasteiger partial charge in [0.25, 0.3) is 5.91 Å². The highest BCUT2D eigenvalue weighted by Gasteiger charge is 2.16. The van der Waals surface area contributed by atoms with Crippen molar-refractivity contribution in [2.45, 2.75) is 6.42 Å². The normalized spacial score (nSPS) is 10.1. The number of nitrogens with zero attached hydrogens (tertiary/aromatic N) is 2. The summed E-state index contributed by atoms with van der Waals surface area (Å²) in [6.07, 6.45) is 0.269. The molecule has 1 aromatic heterocycles. The van der Waals surface area contributed by atoms with Crippen molar-refractivity contribution in [1.29, 1.82) is 5.41 Å². The second-order valence-corrected chi connectivity index (χ2v) is 5.76. The van der Waals surface area contributed by atoms with Crippen LogP contribution in [0.1, 0.15) is 16.1 Å². The Labute approximate surface area is 160 Å². The Kier molecular flexibility index (Phi) is 6.89. The van der Waals surface area contributed by atoms with Crippen LogP contribution in [-0.2, 0) is 11.2 Å². The summed E-state index contributed by atoms with van der Waals surface area (Å²) in [5.74, 6) is -1.47. The molecule has 11 heteroatoms. The molecule has 142 valence electrons. The molecule has 2 aromatic rings. The molecule has 0 fully saturated rings. The van der Waals surface area contributed by atoms with Gasteiger partial charge in [-0.1, -0.05) is 41.9 Å². The van der Waals surface area contributed by atoms with Crippen molar-refractivity contribution in [3.63, 3.8) is 0 Å². The van der Waals surface area contributed by atoms with E-state index in [1.165, 1.54) is 0 Å². The van der Waals surface area contributed by atoms with E-state index < -0.39 is 5.91 Å². The fourth-order valence-corrected chi connectivity index (χ4v) is 2.19. The minimum atomic E-state index is -0.757. The molecule has 0 unspecified atom stereocenters. The SMILES string of the molecule is N=C(NCCNC(=O)Cc1ccccc1)NC(=O)c1nc(Cl)c(N)nc1N. The van der Waals surface area contributed by atoms with Gasteiger partial charge in [-0.25, -0.2) is 9.97 Å². The number of guanidine groups is 1. The number of anilines is 2. The number of carbonyl (C=O) groups is 2. The second kappa shape index (κ2) is 9.34. The molecule has 10 nitrogen and oxygen atoms in total. The second-order valence-electron chi connectivity index (χ2n) is 5.40. The summed E-state index contributed by atoms with van der Waals surface area (Å²) in [4.78, 5) is 31.3. The van der Waals surface area contributed by atoms with Crippen LogP contribution in [0.25, 0.3) is 0 Å². The number of rotatable bonds is 6. The summed E-state index contributed by atoms with van der Waals surface area (Å²) in [5, 5.41) is 15.1. The topological polar surface area (TPSA) is 172 Å². The highest BCUT2D eigenvalue weighted by Crippen LogP contribution is 2.16. The maximum absolute atomic E-state index is 12.0. The minimum absolute atomic E-state index is 0.0924.